The van der Waals surface area contributed by atoms with Crippen LogP contribution in [0.5, 0.6) is 0 Å². The average molecular weight is 371 g/mol. The Morgan fingerprint density at radius 1 is 1.08 bits per heavy atom. The second kappa shape index (κ2) is 6.93. The lowest BCUT2D eigenvalue weighted by Gasteiger charge is -2.12. The minimum Gasteiger partial charge on any atom is -0.384 e. The van der Waals surface area contributed by atoms with Crippen LogP contribution in [-0.2, 0) is 17.6 Å². The van der Waals surface area contributed by atoms with Gasteiger partial charge in [-0.25, -0.2) is 0 Å². The van der Waals surface area contributed by atoms with Gasteiger partial charge in [0, 0.05) is 26.5 Å². The maximum atomic E-state index is 12.4. The molecule has 0 atom stereocenters. The van der Waals surface area contributed by atoms with E-state index in [-0.39, 0.29) is 11.8 Å². The Hall–Kier alpha value is -2.65. The lowest BCUT2D eigenvalue weighted by Crippen LogP contribution is -2.30. The first kappa shape index (κ1) is 16.8. The molecule has 0 saturated carbocycles. The van der Waals surface area contributed by atoms with E-state index in [2.05, 4.69) is 15.3 Å². The third kappa shape index (κ3) is 2.89. The summed E-state index contributed by atoms with van der Waals surface area (Å²) in [5.41, 5.74) is 0.971. The van der Waals surface area contributed by atoms with E-state index in [0.29, 0.717) is 43.5 Å². The van der Waals surface area contributed by atoms with E-state index in [0.717, 1.165) is 15.8 Å². The predicted molar refractivity (Wildman–Crippen MR) is 94.4 cm³/mol. The van der Waals surface area contributed by atoms with Gasteiger partial charge in [0.1, 0.15) is 5.01 Å². The Balaban J connectivity index is 1.39. The van der Waals surface area contributed by atoms with E-state index in [1.807, 2.05) is 0 Å². The normalized spacial score (nSPS) is 13.8. The molecule has 0 unspecified atom stereocenters. The number of fused-ring (bicyclic) bond motifs is 2. The van der Waals surface area contributed by atoms with Crippen LogP contribution in [0.25, 0.3) is 4.96 Å². The number of carbonyl (C=O) groups is 2. The molecule has 0 fully saturated rings. The minimum absolute atomic E-state index is 0.217. The van der Waals surface area contributed by atoms with E-state index < -0.39 is 0 Å². The maximum Gasteiger partial charge on any atom is 0.261 e. The molecule has 2 aromatic heterocycles. The monoisotopic (exact) mass is 371 g/mol. The molecule has 26 heavy (non-hydrogen) atoms. The third-order valence-corrected chi connectivity index (χ3v) is 5.24. The summed E-state index contributed by atoms with van der Waals surface area (Å²) in [5, 5.41) is 13.7. The van der Waals surface area contributed by atoms with Gasteiger partial charge in [-0.1, -0.05) is 23.5 Å². The summed E-state index contributed by atoms with van der Waals surface area (Å²) in [6, 6.07) is 6.93. The van der Waals surface area contributed by atoms with Crippen LogP contribution in [-0.4, -0.2) is 56.8 Å². The fraction of sp³-hybridized carbons (Fsp3) is 0.353. The highest BCUT2D eigenvalue weighted by atomic mass is 32.1. The molecule has 2 amide bonds. The Labute approximate surface area is 153 Å². The zero-order valence-electron chi connectivity index (χ0n) is 14.2. The van der Waals surface area contributed by atoms with Gasteiger partial charge in [-0.3, -0.25) is 14.5 Å². The molecule has 1 aliphatic rings. The number of rotatable bonds is 7. The van der Waals surface area contributed by atoms with Crippen molar-refractivity contribution in [3.8, 4) is 0 Å². The number of amides is 2. The summed E-state index contributed by atoms with van der Waals surface area (Å²) < 4.78 is 6.80. The molecule has 3 heterocycles. The average Bonchev–Trinajstić information content (AvgIpc) is 3.29. The third-order valence-electron chi connectivity index (χ3n) is 4.28. The Morgan fingerprint density at radius 2 is 1.81 bits per heavy atom. The first-order valence-electron chi connectivity index (χ1n) is 8.33. The van der Waals surface area contributed by atoms with Crippen molar-refractivity contribution in [3.63, 3.8) is 0 Å². The summed E-state index contributed by atoms with van der Waals surface area (Å²) in [6.07, 6.45) is 1.98. The number of nitrogens with zero attached hydrogens (tertiary/aromatic N) is 5. The number of benzene rings is 1. The van der Waals surface area contributed by atoms with Gasteiger partial charge in [-0.2, -0.15) is 9.61 Å². The highest BCUT2D eigenvalue weighted by Crippen LogP contribution is 2.23. The topological polar surface area (TPSA) is 89.7 Å². The van der Waals surface area contributed by atoms with Crippen LogP contribution in [0.4, 0.5) is 0 Å². The van der Waals surface area contributed by atoms with Crippen molar-refractivity contribution in [3.05, 3.63) is 46.2 Å². The molecule has 134 valence electrons. The standard InChI is InChI=1S/C17H17N5O3S/c1-25-10-8-13-18-19-17-22(13)20-14(26-17)7-4-9-21-15(23)11-5-2-3-6-12(11)16(21)24/h2-3,5-6H,4,7-10H2,1H3. The SMILES string of the molecule is COCCc1nnc2sc(CCCN3C(=O)c4ccccc4C3=O)nn12. The highest BCUT2D eigenvalue weighted by molar-refractivity contribution is 7.16. The highest BCUT2D eigenvalue weighted by Gasteiger charge is 2.34. The van der Waals surface area contributed by atoms with E-state index >= 15 is 0 Å². The van der Waals surface area contributed by atoms with E-state index in [9.17, 15) is 9.59 Å². The van der Waals surface area contributed by atoms with Gasteiger partial charge in [-0.15, -0.1) is 10.2 Å². The van der Waals surface area contributed by atoms with Crippen molar-refractivity contribution in [1.29, 1.82) is 0 Å². The number of methoxy groups -OCH3 is 1. The molecule has 0 spiro atoms. The lowest BCUT2D eigenvalue weighted by molar-refractivity contribution is 0.0652. The van der Waals surface area contributed by atoms with Crippen LogP contribution in [0.1, 0.15) is 38.0 Å². The van der Waals surface area contributed by atoms with Crippen LogP contribution in [0, 0.1) is 0 Å². The van der Waals surface area contributed by atoms with Crippen LogP contribution in [0.3, 0.4) is 0 Å². The number of hydrogen-bond donors (Lipinski definition) is 0. The minimum atomic E-state index is -0.217. The number of aryl methyl sites for hydroxylation is 1. The van der Waals surface area contributed by atoms with E-state index in [1.165, 1.54) is 16.2 Å². The van der Waals surface area contributed by atoms with E-state index in [1.54, 1.807) is 35.9 Å². The second-order valence-electron chi connectivity index (χ2n) is 5.96. The number of aromatic nitrogens is 4. The molecule has 8 nitrogen and oxygen atoms in total. The summed E-state index contributed by atoms with van der Waals surface area (Å²) >= 11 is 1.47. The maximum absolute atomic E-state index is 12.4. The van der Waals surface area contributed by atoms with Gasteiger partial charge in [0.25, 0.3) is 11.8 Å². The van der Waals surface area contributed by atoms with Crippen molar-refractivity contribution in [2.75, 3.05) is 20.3 Å². The van der Waals surface area contributed by atoms with Crippen molar-refractivity contribution >= 4 is 28.1 Å². The molecule has 1 aliphatic heterocycles. The fourth-order valence-corrected chi connectivity index (χ4v) is 3.87. The van der Waals surface area contributed by atoms with Gasteiger partial charge >= 0.3 is 0 Å². The molecule has 9 heteroatoms. The number of hydrogen-bond acceptors (Lipinski definition) is 7. The Morgan fingerprint density at radius 3 is 2.50 bits per heavy atom. The molecular weight excluding hydrogens is 354 g/mol. The lowest BCUT2D eigenvalue weighted by atomic mass is 10.1. The smallest absolute Gasteiger partial charge is 0.261 e. The number of imide groups is 1. The number of carbonyl (C=O) groups excluding carboxylic acids is 2. The van der Waals surface area contributed by atoms with Crippen LogP contribution in [0.2, 0.25) is 0 Å². The second-order valence-corrected chi connectivity index (χ2v) is 7.00. The van der Waals surface area contributed by atoms with Crippen LogP contribution >= 0.6 is 11.3 Å². The Kier molecular flexibility index (Phi) is 4.48. The van der Waals surface area contributed by atoms with Gasteiger partial charge < -0.3 is 4.74 Å². The first-order valence-corrected chi connectivity index (χ1v) is 9.15. The first-order chi connectivity index (χ1) is 12.7. The Bertz CT molecular complexity index is 945. The molecule has 1 aromatic carbocycles. The number of ether oxygens (including phenoxy) is 1. The summed E-state index contributed by atoms with van der Waals surface area (Å²) in [7, 11) is 1.64. The van der Waals surface area contributed by atoms with Crippen LogP contribution in [0.15, 0.2) is 24.3 Å². The summed E-state index contributed by atoms with van der Waals surface area (Å²) in [6.45, 7) is 0.941. The van der Waals surface area contributed by atoms with Crippen molar-refractivity contribution in [1.82, 2.24) is 24.7 Å². The molecule has 0 bridgehead atoms. The predicted octanol–water partition coefficient (Wildman–Crippen LogP) is 1.60. The molecule has 0 aliphatic carbocycles. The van der Waals surface area contributed by atoms with Crippen molar-refractivity contribution in [2.24, 2.45) is 0 Å². The summed E-state index contributed by atoms with van der Waals surface area (Å²) in [4.78, 5) is 26.8. The molecular formula is C17H17N5O3S. The largest absolute Gasteiger partial charge is 0.384 e. The molecule has 3 aromatic rings. The zero-order valence-corrected chi connectivity index (χ0v) is 15.0. The van der Waals surface area contributed by atoms with E-state index in [4.69, 9.17) is 4.74 Å². The molecule has 0 N–H and O–H groups in total. The molecule has 0 radical (unpaired) electrons. The molecule has 0 saturated heterocycles. The van der Waals surface area contributed by atoms with Crippen LogP contribution < -0.4 is 0 Å². The van der Waals surface area contributed by atoms with Gasteiger partial charge in [0.2, 0.25) is 4.96 Å². The van der Waals surface area contributed by atoms with Gasteiger partial charge in [0.05, 0.1) is 17.7 Å². The summed E-state index contributed by atoms with van der Waals surface area (Å²) in [5.74, 6) is 0.334. The quantitative estimate of drug-likeness (QED) is 0.586. The molecule has 4 rings (SSSR count). The van der Waals surface area contributed by atoms with Gasteiger partial charge in [-0.05, 0) is 18.6 Å². The van der Waals surface area contributed by atoms with Crippen molar-refractivity contribution < 1.29 is 14.3 Å². The fourth-order valence-electron chi connectivity index (χ4n) is 2.98. The van der Waals surface area contributed by atoms with Gasteiger partial charge in [0.15, 0.2) is 5.82 Å². The zero-order chi connectivity index (χ0) is 18.1. The van der Waals surface area contributed by atoms with Crippen molar-refractivity contribution in [2.45, 2.75) is 19.3 Å².